The second kappa shape index (κ2) is 13.4. The van der Waals surface area contributed by atoms with Gasteiger partial charge in [-0.15, -0.1) is 0 Å². The number of aromatic nitrogens is 3. The number of benzene rings is 2. The van der Waals surface area contributed by atoms with Crippen LogP contribution in [0.5, 0.6) is 5.75 Å². The quantitative estimate of drug-likeness (QED) is 0.174. The van der Waals surface area contributed by atoms with Gasteiger partial charge in [-0.25, -0.2) is 14.5 Å². The molecule has 0 radical (unpaired) electrons. The second-order valence-corrected chi connectivity index (χ2v) is 20.3. The SMILES string of the molecule is CC(C)(C)OC(=O)N1CCc2ccc(-c3cnc4c(c3)c(-c3ccc5c(c3)OCCNC5O)nn4COCC[Si](C)(C)C)cc2CC1. The average molecular weight is 658 g/mol. The zero-order valence-corrected chi connectivity index (χ0v) is 29.4. The number of pyridine rings is 1. The number of aliphatic hydroxyl groups is 1. The number of carbonyl (C=O) groups excluding carboxylic acids is 1. The number of amides is 1. The maximum atomic E-state index is 12.8. The maximum absolute atomic E-state index is 12.8. The lowest BCUT2D eigenvalue weighted by molar-refractivity contribution is 0.0258. The molecule has 47 heavy (non-hydrogen) atoms. The Morgan fingerprint density at radius 3 is 2.57 bits per heavy atom. The number of nitrogens with one attached hydrogen (secondary N) is 1. The molecule has 0 fully saturated rings. The van der Waals surface area contributed by atoms with Crippen molar-refractivity contribution < 1.29 is 24.1 Å². The second-order valence-electron chi connectivity index (χ2n) is 14.7. The highest BCUT2D eigenvalue weighted by Crippen LogP contribution is 2.36. The molecule has 2 aromatic heterocycles. The van der Waals surface area contributed by atoms with Crippen molar-refractivity contribution in [1.29, 1.82) is 0 Å². The van der Waals surface area contributed by atoms with Gasteiger partial charge in [0.05, 0.1) is 0 Å². The maximum Gasteiger partial charge on any atom is 0.410 e. The molecule has 2 aromatic carbocycles. The van der Waals surface area contributed by atoms with E-state index in [1.807, 2.05) is 54.7 Å². The number of nitrogens with zero attached hydrogens (tertiary/aromatic N) is 4. The molecule has 0 spiro atoms. The number of hydrogen-bond donors (Lipinski definition) is 2. The zero-order valence-electron chi connectivity index (χ0n) is 28.4. The third-order valence-corrected chi connectivity index (χ3v) is 10.3. The zero-order chi connectivity index (χ0) is 33.3. The van der Waals surface area contributed by atoms with E-state index < -0.39 is 19.9 Å². The van der Waals surface area contributed by atoms with E-state index in [1.165, 1.54) is 11.1 Å². The van der Waals surface area contributed by atoms with Crippen LogP contribution in [-0.4, -0.2) is 77.4 Å². The number of ether oxygens (including phenoxy) is 3. The Hall–Kier alpha value is -3.77. The number of aliphatic hydroxyl groups excluding tert-OH is 1. The highest BCUT2D eigenvalue weighted by molar-refractivity contribution is 6.76. The molecule has 10 nitrogen and oxygen atoms in total. The minimum atomic E-state index is -1.23. The number of rotatable bonds is 7. The van der Waals surface area contributed by atoms with Gasteiger partial charge >= 0.3 is 6.09 Å². The molecule has 2 aliphatic heterocycles. The number of carbonyl (C=O) groups is 1. The summed E-state index contributed by atoms with van der Waals surface area (Å²) in [5.41, 5.74) is 7.13. The molecule has 1 atom stereocenters. The Morgan fingerprint density at radius 2 is 1.81 bits per heavy atom. The van der Waals surface area contributed by atoms with Gasteiger partial charge in [0, 0.05) is 62.6 Å². The molecule has 0 bridgehead atoms. The Balaban J connectivity index is 1.32. The first kappa shape index (κ1) is 33.1. The molecule has 4 aromatic rings. The fourth-order valence-electron chi connectivity index (χ4n) is 5.96. The summed E-state index contributed by atoms with van der Waals surface area (Å²) in [4.78, 5) is 19.5. The summed E-state index contributed by atoms with van der Waals surface area (Å²) >= 11 is 0. The third-order valence-electron chi connectivity index (χ3n) is 8.57. The van der Waals surface area contributed by atoms with Crippen molar-refractivity contribution in [2.45, 2.75) is 77.9 Å². The monoisotopic (exact) mass is 657 g/mol. The molecule has 0 saturated carbocycles. The molecular weight excluding hydrogens is 611 g/mol. The Labute approximate surface area is 278 Å². The van der Waals surface area contributed by atoms with Crippen LogP contribution in [0, 0.1) is 0 Å². The smallest absolute Gasteiger partial charge is 0.410 e. The molecule has 1 unspecified atom stereocenters. The summed E-state index contributed by atoms with van der Waals surface area (Å²) < 4.78 is 19.6. The van der Waals surface area contributed by atoms with Gasteiger partial charge in [0.15, 0.2) is 5.65 Å². The van der Waals surface area contributed by atoms with Crippen LogP contribution in [-0.2, 0) is 29.0 Å². The van der Waals surface area contributed by atoms with E-state index in [1.54, 1.807) is 0 Å². The minimum absolute atomic E-state index is 0.261. The summed E-state index contributed by atoms with van der Waals surface area (Å²) in [5.74, 6) is 0.643. The van der Waals surface area contributed by atoms with Crippen LogP contribution in [0.4, 0.5) is 4.79 Å². The van der Waals surface area contributed by atoms with E-state index in [9.17, 15) is 9.90 Å². The van der Waals surface area contributed by atoms with Crippen LogP contribution in [0.2, 0.25) is 25.7 Å². The molecule has 1 amide bonds. The lowest BCUT2D eigenvalue weighted by Gasteiger charge is -2.26. The van der Waals surface area contributed by atoms with Crippen LogP contribution in [0.25, 0.3) is 33.4 Å². The van der Waals surface area contributed by atoms with Gasteiger partial charge in [-0.3, -0.25) is 5.32 Å². The lowest BCUT2D eigenvalue weighted by Crippen LogP contribution is -2.38. The van der Waals surface area contributed by atoms with Gasteiger partial charge in [0.25, 0.3) is 0 Å². The standard InChI is InChI=1S/C36H47N5O5Si/c1-36(2,3)46-35(43)40-14-11-24-7-8-25(19-26(24)12-15-40)28-20-30-32(27-9-10-29-31(21-27)45-16-13-37-34(29)42)39-41(33(30)38-22-28)23-44-17-18-47(4,5)6/h7-10,19-22,34,37,42H,11-18,23H2,1-6H3. The largest absolute Gasteiger partial charge is 0.492 e. The van der Waals surface area contributed by atoms with Crippen molar-refractivity contribution in [3.63, 3.8) is 0 Å². The molecule has 11 heteroatoms. The highest BCUT2D eigenvalue weighted by atomic mass is 28.3. The van der Waals surface area contributed by atoms with Crippen molar-refractivity contribution in [1.82, 2.24) is 25.0 Å². The van der Waals surface area contributed by atoms with Gasteiger partial charge in [0.1, 0.15) is 36.6 Å². The Morgan fingerprint density at radius 1 is 1.04 bits per heavy atom. The molecule has 0 saturated heterocycles. The summed E-state index contributed by atoms with van der Waals surface area (Å²) in [6.45, 7) is 16.0. The predicted molar refractivity (Wildman–Crippen MR) is 186 cm³/mol. The first-order valence-electron chi connectivity index (χ1n) is 16.6. The molecular formula is C36H47N5O5Si. The third kappa shape index (κ3) is 7.86. The van der Waals surface area contributed by atoms with Crippen LogP contribution in [0.15, 0.2) is 48.7 Å². The first-order chi connectivity index (χ1) is 22.3. The van der Waals surface area contributed by atoms with Gasteiger partial charge in [0.2, 0.25) is 0 Å². The lowest BCUT2D eigenvalue weighted by atomic mass is 9.96. The first-order valence-corrected chi connectivity index (χ1v) is 20.3. The van der Waals surface area contributed by atoms with E-state index in [4.69, 9.17) is 24.3 Å². The highest BCUT2D eigenvalue weighted by Gasteiger charge is 2.25. The van der Waals surface area contributed by atoms with Crippen molar-refractivity contribution in [2.75, 3.05) is 32.8 Å². The average Bonchev–Trinajstić information content (AvgIpc) is 3.12. The van der Waals surface area contributed by atoms with Crippen molar-refractivity contribution in [3.05, 3.63) is 65.4 Å². The van der Waals surface area contributed by atoms with E-state index in [-0.39, 0.29) is 6.09 Å². The van der Waals surface area contributed by atoms with Crippen LogP contribution >= 0.6 is 0 Å². The molecule has 2 N–H and O–H groups in total. The molecule has 6 rings (SSSR count). The fourth-order valence-corrected chi connectivity index (χ4v) is 6.72. The fraction of sp³-hybridized carbons (Fsp3) is 0.472. The van der Waals surface area contributed by atoms with E-state index in [0.717, 1.165) is 52.3 Å². The molecule has 2 aliphatic rings. The van der Waals surface area contributed by atoms with E-state index >= 15 is 0 Å². The van der Waals surface area contributed by atoms with E-state index in [2.05, 4.69) is 49.2 Å². The Kier molecular flexibility index (Phi) is 9.44. The number of fused-ring (bicyclic) bond motifs is 3. The van der Waals surface area contributed by atoms with Crippen LogP contribution in [0.3, 0.4) is 0 Å². The summed E-state index contributed by atoms with van der Waals surface area (Å²) in [5, 5.41) is 19.5. The van der Waals surface area contributed by atoms with Crippen molar-refractivity contribution in [3.8, 4) is 28.1 Å². The van der Waals surface area contributed by atoms with Crippen LogP contribution in [0.1, 0.15) is 43.7 Å². The van der Waals surface area contributed by atoms with Crippen LogP contribution < -0.4 is 10.1 Å². The molecule has 4 heterocycles. The van der Waals surface area contributed by atoms with Gasteiger partial charge in [-0.1, -0.05) is 50.0 Å². The minimum Gasteiger partial charge on any atom is -0.492 e. The Bertz CT molecular complexity index is 1760. The van der Waals surface area contributed by atoms with Crippen molar-refractivity contribution in [2.24, 2.45) is 0 Å². The van der Waals surface area contributed by atoms with Gasteiger partial charge in [-0.05, 0) is 68.5 Å². The van der Waals surface area contributed by atoms with Gasteiger partial charge < -0.3 is 24.2 Å². The summed E-state index contributed by atoms with van der Waals surface area (Å²) in [6.07, 6.45) is 2.40. The molecule has 250 valence electrons. The van der Waals surface area contributed by atoms with Gasteiger partial charge in [-0.2, -0.15) is 5.10 Å². The van der Waals surface area contributed by atoms with Crippen molar-refractivity contribution >= 4 is 25.2 Å². The summed E-state index contributed by atoms with van der Waals surface area (Å²) in [7, 11) is -1.23. The van der Waals surface area contributed by atoms with E-state index in [0.29, 0.717) is 50.9 Å². The summed E-state index contributed by atoms with van der Waals surface area (Å²) in [6, 6.07) is 15.6. The number of hydrogen-bond acceptors (Lipinski definition) is 8. The molecule has 0 aliphatic carbocycles. The topological polar surface area (TPSA) is 111 Å². The normalized spacial score (nSPS) is 17.0. The predicted octanol–water partition coefficient (Wildman–Crippen LogP) is 6.39.